The number of carboxylic acids is 1. The standard InChI is InChI=1S/C7H9N5O5/c13-3(8-2-4(14)15)1-9-5-6(16)10-7(17)12-11-5/h1-2H2,(H,8,13)(H,9,11)(H,14,15)(H2,10,12,16,17)/p-1. The Kier molecular flexibility index (Phi) is 3.97. The summed E-state index contributed by atoms with van der Waals surface area (Å²) in [6.45, 7) is -0.995. The Morgan fingerprint density at radius 1 is 1.29 bits per heavy atom. The zero-order valence-electron chi connectivity index (χ0n) is 8.40. The van der Waals surface area contributed by atoms with E-state index in [1.54, 1.807) is 0 Å². The van der Waals surface area contributed by atoms with Crippen molar-refractivity contribution >= 4 is 17.7 Å². The van der Waals surface area contributed by atoms with Gasteiger partial charge in [-0.3, -0.25) is 14.6 Å². The van der Waals surface area contributed by atoms with E-state index >= 15 is 0 Å². The zero-order chi connectivity index (χ0) is 12.8. The van der Waals surface area contributed by atoms with E-state index in [0.717, 1.165) is 0 Å². The molecule has 92 valence electrons. The second kappa shape index (κ2) is 5.44. The molecule has 0 fully saturated rings. The molecule has 1 heterocycles. The number of aromatic nitrogens is 3. The third-order valence-corrected chi connectivity index (χ3v) is 1.56. The molecule has 0 unspecified atom stereocenters. The Hall–Kier alpha value is -2.65. The van der Waals surface area contributed by atoms with Gasteiger partial charge >= 0.3 is 5.69 Å². The lowest BCUT2D eigenvalue weighted by Crippen LogP contribution is -2.40. The van der Waals surface area contributed by atoms with Crippen molar-refractivity contribution in [1.82, 2.24) is 20.5 Å². The summed E-state index contributed by atoms with van der Waals surface area (Å²) in [7, 11) is 0. The first-order chi connectivity index (χ1) is 7.99. The minimum absolute atomic E-state index is 0.256. The molecule has 1 rings (SSSR count). The molecule has 4 N–H and O–H groups in total. The summed E-state index contributed by atoms with van der Waals surface area (Å²) in [5.74, 6) is -2.35. The highest BCUT2D eigenvalue weighted by atomic mass is 16.4. The number of nitrogens with one attached hydrogen (secondary N) is 4. The van der Waals surface area contributed by atoms with Crippen LogP contribution in [0.1, 0.15) is 0 Å². The van der Waals surface area contributed by atoms with Gasteiger partial charge in [-0.05, 0) is 0 Å². The van der Waals surface area contributed by atoms with Gasteiger partial charge in [0.15, 0.2) is 0 Å². The summed E-state index contributed by atoms with van der Waals surface area (Å²) in [5, 5.41) is 19.6. The van der Waals surface area contributed by atoms with Gasteiger partial charge in [-0.2, -0.15) is 0 Å². The number of carboxylic acid groups (broad SMARTS) is 1. The highest BCUT2D eigenvalue weighted by Crippen LogP contribution is 1.84. The number of carbonyl (C=O) groups excluding carboxylic acids is 2. The van der Waals surface area contributed by atoms with E-state index in [2.05, 4.69) is 10.4 Å². The Morgan fingerprint density at radius 3 is 2.59 bits per heavy atom. The van der Waals surface area contributed by atoms with Crippen LogP contribution in [0.3, 0.4) is 0 Å². The van der Waals surface area contributed by atoms with Gasteiger partial charge in [0.1, 0.15) is 0 Å². The predicted molar refractivity (Wildman–Crippen MR) is 52.0 cm³/mol. The van der Waals surface area contributed by atoms with Gasteiger partial charge < -0.3 is 20.5 Å². The molecule has 1 aromatic heterocycles. The second-order valence-corrected chi connectivity index (χ2v) is 2.86. The van der Waals surface area contributed by atoms with Crippen molar-refractivity contribution in [2.24, 2.45) is 0 Å². The van der Waals surface area contributed by atoms with Crippen LogP contribution in [-0.2, 0) is 9.59 Å². The molecule has 1 aromatic rings. The first-order valence-electron chi connectivity index (χ1n) is 4.38. The van der Waals surface area contributed by atoms with Crippen LogP contribution in [0.2, 0.25) is 0 Å². The van der Waals surface area contributed by atoms with E-state index in [-0.39, 0.29) is 12.4 Å². The van der Waals surface area contributed by atoms with Crippen LogP contribution < -0.4 is 27.0 Å². The quantitative estimate of drug-likeness (QED) is 0.406. The summed E-state index contributed by atoms with van der Waals surface area (Å²) >= 11 is 0. The van der Waals surface area contributed by atoms with Crippen molar-refractivity contribution in [3.63, 3.8) is 0 Å². The first-order valence-corrected chi connectivity index (χ1v) is 4.38. The number of anilines is 1. The van der Waals surface area contributed by atoms with Crippen molar-refractivity contribution in [2.75, 3.05) is 18.4 Å². The number of amides is 1. The van der Waals surface area contributed by atoms with Gasteiger partial charge in [0.25, 0.3) is 5.56 Å². The molecule has 0 saturated carbocycles. The summed E-state index contributed by atoms with van der Waals surface area (Å²) in [5.41, 5.74) is -1.57. The number of hydrogen-bond acceptors (Lipinski definition) is 7. The molecule has 0 saturated heterocycles. The first kappa shape index (κ1) is 12.4. The summed E-state index contributed by atoms with van der Waals surface area (Å²) in [6.07, 6.45) is 0. The maximum atomic E-state index is 11.1. The molecule has 0 aromatic carbocycles. The van der Waals surface area contributed by atoms with Gasteiger partial charge in [0, 0.05) is 0 Å². The van der Waals surface area contributed by atoms with E-state index < -0.39 is 29.7 Å². The molecule has 0 atom stereocenters. The lowest BCUT2D eigenvalue weighted by Gasteiger charge is -2.06. The monoisotopic (exact) mass is 242 g/mol. The SMILES string of the molecule is O=C([O-])CNC(=O)CNc1n[nH]c(=O)[nH]c1=O. The van der Waals surface area contributed by atoms with Gasteiger partial charge in [0.05, 0.1) is 19.1 Å². The number of aromatic amines is 2. The highest BCUT2D eigenvalue weighted by molar-refractivity contribution is 5.83. The molecule has 0 spiro atoms. The number of rotatable bonds is 5. The smallest absolute Gasteiger partial charge is 0.342 e. The Bertz CT molecular complexity index is 532. The third kappa shape index (κ3) is 4.15. The lowest BCUT2D eigenvalue weighted by atomic mass is 10.5. The Morgan fingerprint density at radius 2 is 2.00 bits per heavy atom. The predicted octanol–water partition coefficient (Wildman–Crippen LogP) is -4.26. The minimum atomic E-state index is -1.43. The van der Waals surface area contributed by atoms with E-state index in [0.29, 0.717) is 0 Å². The van der Waals surface area contributed by atoms with Crippen molar-refractivity contribution in [3.05, 3.63) is 20.8 Å². The van der Waals surface area contributed by atoms with Crippen molar-refractivity contribution in [1.29, 1.82) is 0 Å². The number of nitrogens with zero attached hydrogens (tertiary/aromatic N) is 1. The van der Waals surface area contributed by atoms with Crippen LogP contribution in [-0.4, -0.2) is 40.1 Å². The fourth-order valence-corrected chi connectivity index (χ4v) is 0.865. The van der Waals surface area contributed by atoms with Crippen LogP contribution in [0, 0.1) is 0 Å². The van der Waals surface area contributed by atoms with Crippen LogP contribution in [0.25, 0.3) is 0 Å². The maximum absolute atomic E-state index is 11.1. The fourth-order valence-electron chi connectivity index (χ4n) is 0.865. The molecular weight excluding hydrogens is 234 g/mol. The molecule has 10 heteroatoms. The average molecular weight is 242 g/mol. The Balaban J connectivity index is 2.50. The number of carbonyl (C=O) groups is 2. The topological polar surface area (TPSA) is 160 Å². The van der Waals surface area contributed by atoms with E-state index in [9.17, 15) is 24.3 Å². The number of hydrogen-bond donors (Lipinski definition) is 4. The van der Waals surface area contributed by atoms with Crippen molar-refractivity contribution in [2.45, 2.75) is 0 Å². The molecule has 0 bridgehead atoms. The van der Waals surface area contributed by atoms with Crippen LogP contribution in [0.15, 0.2) is 9.59 Å². The van der Waals surface area contributed by atoms with Gasteiger partial charge in [-0.15, -0.1) is 5.10 Å². The van der Waals surface area contributed by atoms with E-state index in [1.807, 2.05) is 15.4 Å². The minimum Gasteiger partial charge on any atom is -0.548 e. The average Bonchev–Trinajstić information content (AvgIpc) is 2.25. The molecule has 1 amide bonds. The second-order valence-electron chi connectivity index (χ2n) is 2.86. The Labute approximate surface area is 93.1 Å². The molecule has 0 radical (unpaired) electrons. The molecule has 17 heavy (non-hydrogen) atoms. The fraction of sp³-hybridized carbons (Fsp3) is 0.286. The largest absolute Gasteiger partial charge is 0.548 e. The summed E-state index contributed by atoms with van der Waals surface area (Å²) < 4.78 is 0. The molecular formula is C7H8N5O5-. The maximum Gasteiger partial charge on any atom is 0.342 e. The van der Waals surface area contributed by atoms with E-state index in [1.165, 1.54) is 0 Å². The molecule has 0 aliphatic carbocycles. The van der Waals surface area contributed by atoms with Crippen LogP contribution in [0.5, 0.6) is 0 Å². The van der Waals surface area contributed by atoms with Crippen molar-refractivity contribution < 1.29 is 14.7 Å². The molecule has 0 aliphatic rings. The molecule has 10 nitrogen and oxygen atoms in total. The summed E-state index contributed by atoms with van der Waals surface area (Å²) in [4.78, 5) is 44.6. The normalized spacial score (nSPS) is 9.65. The van der Waals surface area contributed by atoms with Crippen LogP contribution in [0.4, 0.5) is 5.82 Å². The highest BCUT2D eigenvalue weighted by Gasteiger charge is 2.04. The lowest BCUT2D eigenvalue weighted by molar-refractivity contribution is -0.303. The van der Waals surface area contributed by atoms with Crippen LogP contribution >= 0.6 is 0 Å². The molecule has 0 aliphatic heterocycles. The van der Waals surface area contributed by atoms with Gasteiger partial charge in [-0.1, -0.05) is 0 Å². The number of H-pyrrole nitrogens is 2. The van der Waals surface area contributed by atoms with E-state index in [4.69, 9.17) is 0 Å². The van der Waals surface area contributed by atoms with Gasteiger partial charge in [0.2, 0.25) is 11.7 Å². The summed E-state index contributed by atoms with van der Waals surface area (Å²) in [6, 6.07) is 0. The van der Waals surface area contributed by atoms with Gasteiger partial charge in [-0.25, -0.2) is 9.89 Å². The number of aliphatic carboxylic acids is 1. The zero-order valence-corrected chi connectivity index (χ0v) is 8.40. The third-order valence-electron chi connectivity index (χ3n) is 1.56. The van der Waals surface area contributed by atoms with Crippen molar-refractivity contribution in [3.8, 4) is 0 Å².